The van der Waals surface area contributed by atoms with E-state index in [1.165, 1.54) is 18.2 Å². The Morgan fingerprint density at radius 3 is 2.71 bits per heavy atom. The minimum Gasteiger partial charge on any atom is -0.356 e. The lowest BCUT2D eigenvalue weighted by Crippen LogP contribution is -2.38. The topological polar surface area (TPSA) is 36.4 Å². The number of nitrogens with one attached hydrogen (secondary N) is 2. The molecule has 0 spiro atoms. The number of hydrogen-bond acceptors (Lipinski definition) is 2. The van der Waals surface area contributed by atoms with Crippen LogP contribution in [-0.4, -0.2) is 38.1 Å². The Morgan fingerprint density at radius 1 is 1.29 bits per heavy atom. The molecular formula is C15H23BrFN3S. The Kier molecular flexibility index (Phi) is 9.50. The summed E-state index contributed by atoms with van der Waals surface area (Å²) in [6.07, 6.45) is 5.31. The largest absolute Gasteiger partial charge is 0.356 e. The third kappa shape index (κ3) is 7.71. The zero-order chi connectivity index (χ0) is 15.5. The molecule has 0 atom stereocenters. The molecule has 3 nitrogen and oxygen atoms in total. The molecule has 0 fully saturated rings. The van der Waals surface area contributed by atoms with Crippen LogP contribution in [0.25, 0.3) is 0 Å². The first kappa shape index (κ1) is 18.3. The molecule has 0 aliphatic heterocycles. The summed E-state index contributed by atoms with van der Waals surface area (Å²) in [5.41, 5.74) is 1.09. The van der Waals surface area contributed by atoms with Gasteiger partial charge in [-0.2, -0.15) is 11.8 Å². The Bertz CT molecular complexity index is 455. The summed E-state index contributed by atoms with van der Waals surface area (Å²) in [6, 6.07) is 5.11. The van der Waals surface area contributed by atoms with Gasteiger partial charge in [-0.15, -0.1) is 0 Å². The van der Waals surface area contributed by atoms with Gasteiger partial charge >= 0.3 is 0 Å². The minimum absolute atomic E-state index is 0.227. The smallest absolute Gasteiger partial charge is 0.190 e. The van der Waals surface area contributed by atoms with Crippen LogP contribution in [0, 0.1) is 5.82 Å². The number of guanidine groups is 1. The second-order valence-electron chi connectivity index (χ2n) is 4.62. The van der Waals surface area contributed by atoms with Gasteiger partial charge in [0.05, 0.1) is 4.47 Å². The van der Waals surface area contributed by atoms with E-state index >= 15 is 0 Å². The highest BCUT2D eigenvalue weighted by molar-refractivity contribution is 9.10. The van der Waals surface area contributed by atoms with Crippen molar-refractivity contribution in [1.29, 1.82) is 0 Å². The van der Waals surface area contributed by atoms with Crippen molar-refractivity contribution in [2.24, 2.45) is 4.99 Å². The molecule has 0 aliphatic rings. The Balaban J connectivity index is 2.24. The number of halogens is 2. The van der Waals surface area contributed by atoms with Gasteiger partial charge in [-0.25, -0.2) is 4.39 Å². The maximum atomic E-state index is 13.1. The molecule has 21 heavy (non-hydrogen) atoms. The van der Waals surface area contributed by atoms with Crippen molar-refractivity contribution in [3.63, 3.8) is 0 Å². The van der Waals surface area contributed by atoms with E-state index in [1.54, 1.807) is 13.1 Å². The lowest BCUT2D eigenvalue weighted by Gasteiger charge is -2.12. The average molecular weight is 376 g/mol. The van der Waals surface area contributed by atoms with Gasteiger partial charge in [0.25, 0.3) is 0 Å². The van der Waals surface area contributed by atoms with Crippen LogP contribution in [0.2, 0.25) is 0 Å². The van der Waals surface area contributed by atoms with Gasteiger partial charge in [0.2, 0.25) is 0 Å². The Morgan fingerprint density at radius 2 is 2.05 bits per heavy atom. The predicted octanol–water partition coefficient (Wildman–Crippen LogP) is 3.44. The van der Waals surface area contributed by atoms with E-state index in [0.29, 0.717) is 4.47 Å². The van der Waals surface area contributed by atoms with Crippen molar-refractivity contribution < 1.29 is 4.39 Å². The second kappa shape index (κ2) is 10.9. The highest BCUT2D eigenvalue weighted by atomic mass is 79.9. The first-order valence-corrected chi connectivity index (χ1v) is 9.23. The number of rotatable bonds is 8. The molecule has 0 unspecified atom stereocenters. The maximum absolute atomic E-state index is 13.1. The van der Waals surface area contributed by atoms with Crippen molar-refractivity contribution in [2.45, 2.75) is 19.3 Å². The molecule has 0 heterocycles. The molecular weight excluding hydrogens is 353 g/mol. The van der Waals surface area contributed by atoms with E-state index in [1.807, 2.05) is 17.8 Å². The average Bonchev–Trinajstić information content (AvgIpc) is 2.48. The molecule has 6 heteroatoms. The normalized spacial score (nSPS) is 11.5. The molecule has 0 saturated carbocycles. The van der Waals surface area contributed by atoms with Crippen LogP contribution in [0.5, 0.6) is 0 Å². The summed E-state index contributed by atoms with van der Waals surface area (Å²) in [6.45, 7) is 1.70. The van der Waals surface area contributed by atoms with Gasteiger partial charge < -0.3 is 10.6 Å². The van der Waals surface area contributed by atoms with E-state index in [0.717, 1.165) is 37.5 Å². The molecule has 0 aliphatic carbocycles. The van der Waals surface area contributed by atoms with Crippen LogP contribution in [0.3, 0.4) is 0 Å². The maximum Gasteiger partial charge on any atom is 0.190 e. The standard InChI is InChI=1S/C15H23BrFN3S/c1-18-15(19-8-3-4-10-21-2)20-9-7-12-5-6-14(17)13(16)11-12/h5-6,11H,3-4,7-10H2,1-2H3,(H2,18,19,20). The van der Waals surface area contributed by atoms with Crippen LogP contribution in [-0.2, 0) is 6.42 Å². The van der Waals surface area contributed by atoms with Crippen LogP contribution in [0.15, 0.2) is 27.7 Å². The molecule has 1 rings (SSSR count). The van der Waals surface area contributed by atoms with E-state index in [4.69, 9.17) is 0 Å². The third-order valence-corrected chi connectivity index (χ3v) is 4.29. The van der Waals surface area contributed by atoms with Crippen molar-refractivity contribution in [1.82, 2.24) is 10.6 Å². The number of nitrogens with zero attached hydrogens (tertiary/aromatic N) is 1. The Hall–Kier alpha value is -0.750. The quantitative estimate of drug-likeness (QED) is 0.415. The van der Waals surface area contributed by atoms with E-state index < -0.39 is 0 Å². The van der Waals surface area contributed by atoms with E-state index in [-0.39, 0.29) is 5.82 Å². The van der Waals surface area contributed by atoms with E-state index in [2.05, 4.69) is 37.8 Å². The summed E-state index contributed by atoms with van der Waals surface area (Å²) in [5.74, 6) is 1.79. The number of thioether (sulfide) groups is 1. The third-order valence-electron chi connectivity index (χ3n) is 2.98. The lowest BCUT2D eigenvalue weighted by molar-refractivity contribution is 0.620. The zero-order valence-electron chi connectivity index (χ0n) is 12.6. The highest BCUT2D eigenvalue weighted by Crippen LogP contribution is 2.16. The summed E-state index contributed by atoms with van der Waals surface area (Å²) in [4.78, 5) is 4.19. The first-order valence-electron chi connectivity index (χ1n) is 7.04. The SMILES string of the molecule is CN=C(NCCCCSC)NCCc1ccc(F)c(Br)c1. The number of aliphatic imine (C=N–C) groups is 1. The summed E-state index contributed by atoms with van der Waals surface area (Å²) >= 11 is 5.08. The molecule has 1 aromatic rings. The van der Waals surface area contributed by atoms with Gasteiger partial charge in [0.1, 0.15) is 5.82 Å². The molecule has 0 radical (unpaired) electrons. The van der Waals surface area contributed by atoms with Gasteiger partial charge in [0, 0.05) is 20.1 Å². The highest BCUT2D eigenvalue weighted by Gasteiger charge is 2.01. The monoisotopic (exact) mass is 375 g/mol. The van der Waals surface area contributed by atoms with Gasteiger partial charge in [-0.05, 0) is 64.9 Å². The first-order chi connectivity index (χ1) is 10.2. The summed E-state index contributed by atoms with van der Waals surface area (Å²) < 4.78 is 13.6. The van der Waals surface area contributed by atoms with E-state index in [9.17, 15) is 4.39 Å². The fourth-order valence-corrected chi connectivity index (χ4v) is 2.74. The van der Waals surface area contributed by atoms with Crippen LogP contribution < -0.4 is 10.6 Å². The number of hydrogen-bond donors (Lipinski definition) is 2. The van der Waals surface area contributed by atoms with Crippen molar-refractivity contribution in [2.75, 3.05) is 32.1 Å². The Labute approximate surface area is 139 Å². The number of benzene rings is 1. The minimum atomic E-state index is -0.227. The van der Waals surface area contributed by atoms with Gasteiger partial charge in [-0.1, -0.05) is 6.07 Å². The molecule has 2 N–H and O–H groups in total. The summed E-state index contributed by atoms with van der Waals surface area (Å²) in [5, 5.41) is 6.56. The van der Waals surface area contributed by atoms with Crippen molar-refractivity contribution in [3.05, 3.63) is 34.1 Å². The van der Waals surface area contributed by atoms with Crippen molar-refractivity contribution in [3.8, 4) is 0 Å². The number of unbranched alkanes of at least 4 members (excludes halogenated alkanes) is 1. The second-order valence-corrected chi connectivity index (χ2v) is 6.46. The molecule has 118 valence electrons. The predicted molar refractivity (Wildman–Crippen MR) is 94.8 cm³/mol. The van der Waals surface area contributed by atoms with Gasteiger partial charge in [0.15, 0.2) is 5.96 Å². The van der Waals surface area contributed by atoms with Crippen molar-refractivity contribution >= 4 is 33.7 Å². The summed E-state index contributed by atoms with van der Waals surface area (Å²) in [7, 11) is 1.77. The molecule has 0 bridgehead atoms. The van der Waals surface area contributed by atoms with Gasteiger partial charge in [-0.3, -0.25) is 4.99 Å². The van der Waals surface area contributed by atoms with Crippen LogP contribution >= 0.6 is 27.7 Å². The fourth-order valence-electron chi connectivity index (χ4n) is 1.82. The molecule has 0 saturated heterocycles. The lowest BCUT2D eigenvalue weighted by atomic mass is 10.1. The molecule has 0 amide bonds. The zero-order valence-corrected chi connectivity index (χ0v) is 15.0. The molecule has 1 aromatic carbocycles. The molecule has 0 aromatic heterocycles. The van der Waals surface area contributed by atoms with Crippen LogP contribution in [0.4, 0.5) is 4.39 Å². The van der Waals surface area contributed by atoms with Crippen LogP contribution in [0.1, 0.15) is 18.4 Å². The fraction of sp³-hybridized carbons (Fsp3) is 0.533.